The van der Waals surface area contributed by atoms with Crippen molar-refractivity contribution in [3.05, 3.63) is 90.8 Å². The number of aromatic nitrogens is 6. The minimum Gasteiger partial charge on any atom is -0.495 e. The number of nitrogens with two attached hydrogens (primary N) is 1. The molecule has 5 aromatic rings. The smallest absolute Gasteiger partial charge is 0.328 e. The van der Waals surface area contributed by atoms with Gasteiger partial charge in [0.2, 0.25) is 5.91 Å². The highest BCUT2D eigenvalue weighted by atomic mass is 127. The number of hydrogen-bond donors (Lipinski definition) is 5. The van der Waals surface area contributed by atoms with Crippen molar-refractivity contribution in [1.29, 1.82) is 0 Å². The molecule has 2 amide bonds. The number of carboxylic acid groups (broad SMARTS) is 2. The number of fused-ring (bicyclic) bond motifs is 1. The Balaban J connectivity index is 0.000000522. The Morgan fingerprint density at radius 3 is 2.44 bits per heavy atom. The van der Waals surface area contributed by atoms with Crippen molar-refractivity contribution in [1.82, 2.24) is 34.6 Å². The van der Waals surface area contributed by atoms with Crippen molar-refractivity contribution < 1.29 is 34.1 Å². The molecule has 2 fully saturated rings. The molecule has 2 aromatic carbocycles. The number of halogens is 1. The summed E-state index contributed by atoms with van der Waals surface area (Å²) in [5.41, 5.74) is 10.2. The number of aromatic amines is 1. The molecule has 0 bridgehead atoms. The Bertz CT molecular complexity index is 2120. The summed E-state index contributed by atoms with van der Waals surface area (Å²) in [5, 5.41) is 24.3. The maximum atomic E-state index is 13.1. The molecular weight excluding hydrogens is 785 g/mol. The number of carbonyl (C=O) groups is 4. The number of methoxy groups -OCH3 is 1. The number of rotatable bonds is 9. The Kier molecular flexibility index (Phi) is 10.8. The highest BCUT2D eigenvalue weighted by molar-refractivity contribution is 14.1. The quantitative estimate of drug-likeness (QED) is 0.0599. The first kappa shape index (κ1) is 36.0. The van der Waals surface area contributed by atoms with E-state index in [2.05, 4.69) is 60.0 Å². The van der Waals surface area contributed by atoms with Gasteiger partial charge in [-0.1, -0.05) is 59.0 Å². The van der Waals surface area contributed by atoms with Crippen molar-refractivity contribution in [3.63, 3.8) is 0 Å². The normalized spacial score (nSPS) is 19.5. The van der Waals surface area contributed by atoms with Crippen molar-refractivity contribution in [2.75, 3.05) is 24.7 Å². The third kappa shape index (κ3) is 7.88. The molecule has 1 saturated carbocycles. The number of anilines is 2. The van der Waals surface area contributed by atoms with E-state index in [0.717, 1.165) is 12.0 Å². The molecule has 1 aliphatic carbocycles. The Hall–Kier alpha value is -5.85. The first-order valence-corrected chi connectivity index (χ1v) is 17.4. The number of H-pyrrole nitrogens is 1. The number of carbonyl (C=O) groups excluding carboxylic acids is 2. The van der Waals surface area contributed by atoms with Crippen molar-refractivity contribution in [2.45, 2.75) is 35.3 Å². The van der Waals surface area contributed by atoms with Gasteiger partial charge in [-0.3, -0.25) is 9.59 Å². The zero-order valence-corrected chi connectivity index (χ0v) is 29.9. The first-order chi connectivity index (χ1) is 25.0. The number of aliphatic carboxylic acids is 2. The van der Waals surface area contributed by atoms with E-state index in [1.54, 1.807) is 19.5 Å². The summed E-state index contributed by atoms with van der Waals surface area (Å²) in [6.07, 6.45) is 7.97. The van der Waals surface area contributed by atoms with Crippen molar-refractivity contribution in [3.8, 4) is 17.0 Å². The number of nitrogens with zero attached hydrogens (tertiary/aromatic N) is 6. The average Bonchev–Trinajstić information content (AvgIpc) is 3.55. The number of nitrogens with one attached hydrogen (secondary N) is 2. The molecule has 268 valence electrons. The van der Waals surface area contributed by atoms with Crippen LogP contribution in [-0.2, 0) is 14.4 Å². The van der Waals surface area contributed by atoms with E-state index in [1.807, 2.05) is 46.0 Å². The van der Waals surface area contributed by atoms with Crippen LogP contribution in [0.2, 0.25) is 0 Å². The summed E-state index contributed by atoms with van der Waals surface area (Å²) in [6, 6.07) is 15.7. The summed E-state index contributed by atoms with van der Waals surface area (Å²) < 4.78 is 7.54. The SMILES string of the molecule is COc1cc(-c2nn(C3CCN(C(=O)c4ncc[nH]4)C(I)C3)c3ncnc(N)c23)ccc1NC(=O)C1CC1c1ccccc1.O=C(O)C=CC(=O)O. The molecule has 6 N–H and O–H groups in total. The average molecular weight is 820 g/mol. The number of nitrogen functional groups attached to an aromatic ring is 1. The molecule has 1 saturated heterocycles. The number of benzene rings is 2. The van der Waals surface area contributed by atoms with Crippen LogP contribution in [0.3, 0.4) is 0 Å². The van der Waals surface area contributed by atoms with E-state index in [-0.39, 0.29) is 33.7 Å². The Morgan fingerprint density at radius 1 is 1.04 bits per heavy atom. The number of ether oxygens (including phenoxy) is 1. The zero-order valence-electron chi connectivity index (χ0n) is 27.7. The Labute approximate surface area is 310 Å². The molecule has 16 nitrogen and oxygen atoms in total. The van der Waals surface area contributed by atoms with Gasteiger partial charge in [0, 0.05) is 42.6 Å². The van der Waals surface area contributed by atoms with Gasteiger partial charge in [0.25, 0.3) is 5.91 Å². The molecule has 4 atom stereocenters. The molecule has 0 spiro atoms. The summed E-state index contributed by atoms with van der Waals surface area (Å²) in [7, 11) is 1.57. The summed E-state index contributed by atoms with van der Waals surface area (Å²) >= 11 is 2.30. The van der Waals surface area contributed by atoms with Gasteiger partial charge in [-0.15, -0.1) is 0 Å². The van der Waals surface area contributed by atoms with Crippen LogP contribution < -0.4 is 15.8 Å². The molecule has 7 rings (SSSR count). The number of carboxylic acids is 2. The molecule has 1 aliphatic heterocycles. The molecule has 17 heteroatoms. The molecule has 4 unspecified atom stereocenters. The van der Waals surface area contributed by atoms with Crippen LogP contribution in [-0.4, -0.2) is 86.3 Å². The van der Waals surface area contributed by atoms with Crippen LogP contribution in [0.1, 0.15) is 47.4 Å². The predicted molar refractivity (Wildman–Crippen MR) is 198 cm³/mol. The standard InChI is InChI=1S/C31H30IN9O3.C4H4O4/c1-44-23-13-18(7-8-22(23)38-30(42)21-15-20(21)17-5-3-2-4-6-17)26-25-27(33)36-16-37-29(25)41(39-26)19-9-12-40(24(32)14-19)31(43)28-34-10-11-35-28;5-3(6)1-2-4(7)8/h2-8,10-11,13,16,19-21,24H,9,12,14-15H2,1H3,(H,34,35)(H,38,42)(H2,33,36,37);1-2H,(H,5,6)(H,7,8). The fourth-order valence-electron chi connectivity index (χ4n) is 6.18. The molecular formula is C35H34IN9O7. The number of hydrogen-bond acceptors (Lipinski definition) is 10. The van der Waals surface area contributed by atoms with Crippen LogP contribution in [0.15, 0.2) is 79.4 Å². The van der Waals surface area contributed by atoms with Gasteiger partial charge < -0.3 is 35.9 Å². The van der Waals surface area contributed by atoms with Gasteiger partial charge in [0.1, 0.15) is 23.6 Å². The van der Waals surface area contributed by atoms with E-state index in [0.29, 0.717) is 71.3 Å². The second-order valence-corrected chi connectivity index (χ2v) is 13.5. The third-order valence-corrected chi connectivity index (χ3v) is 9.97. The van der Waals surface area contributed by atoms with Crippen molar-refractivity contribution in [2.24, 2.45) is 5.92 Å². The minimum atomic E-state index is -1.26. The number of piperidine rings is 1. The Morgan fingerprint density at radius 2 is 1.79 bits per heavy atom. The summed E-state index contributed by atoms with van der Waals surface area (Å²) in [4.78, 5) is 62.8. The van der Waals surface area contributed by atoms with Crippen LogP contribution in [0.4, 0.5) is 11.5 Å². The molecule has 0 radical (unpaired) electrons. The molecule has 52 heavy (non-hydrogen) atoms. The zero-order chi connectivity index (χ0) is 36.9. The third-order valence-electron chi connectivity index (χ3n) is 8.79. The maximum absolute atomic E-state index is 13.1. The van der Waals surface area contributed by atoms with E-state index >= 15 is 0 Å². The maximum Gasteiger partial charge on any atom is 0.328 e. The predicted octanol–water partition coefficient (Wildman–Crippen LogP) is 4.50. The first-order valence-electron chi connectivity index (χ1n) is 16.2. The second-order valence-electron chi connectivity index (χ2n) is 12.1. The largest absolute Gasteiger partial charge is 0.495 e. The van der Waals surface area contributed by atoms with Crippen molar-refractivity contribution >= 4 is 68.9 Å². The van der Waals surface area contributed by atoms with E-state index < -0.39 is 11.9 Å². The lowest BCUT2D eigenvalue weighted by molar-refractivity contribution is -0.134. The number of amides is 2. The van der Waals surface area contributed by atoms with Crippen LogP contribution in [0.5, 0.6) is 5.75 Å². The monoisotopic (exact) mass is 819 g/mol. The topological polar surface area (TPSA) is 232 Å². The van der Waals surface area contributed by atoms with Crippen LogP contribution in [0.25, 0.3) is 22.3 Å². The van der Waals surface area contributed by atoms with Crippen LogP contribution >= 0.6 is 22.6 Å². The number of likely N-dealkylation sites (tertiary alicyclic amines) is 1. The van der Waals surface area contributed by atoms with Gasteiger partial charge >= 0.3 is 11.9 Å². The van der Waals surface area contributed by atoms with Crippen LogP contribution in [0, 0.1) is 5.92 Å². The lowest BCUT2D eigenvalue weighted by atomic mass is 10.0. The number of imidazole rings is 1. The lowest BCUT2D eigenvalue weighted by Crippen LogP contribution is -2.44. The van der Waals surface area contributed by atoms with E-state index in [4.69, 9.17) is 25.8 Å². The van der Waals surface area contributed by atoms with Gasteiger partial charge in [0.05, 0.1) is 28.3 Å². The molecule has 3 aromatic heterocycles. The van der Waals surface area contributed by atoms with Gasteiger partial charge in [-0.25, -0.2) is 29.2 Å². The highest BCUT2D eigenvalue weighted by Gasteiger charge is 2.44. The number of alkyl halides is 1. The summed E-state index contributed by atoms with van der Waals surface area (Å²) in [5.74, 6) is -1.32. The lowest BCUT2D eigenvalue weighted by Gasteiger charge is -2.36. The minimum absolute atomic E-state index is 0.0142. The van der Waals surface area contributed by atoms with Gasteiger partial charge in [0.15, 0.2) is 11.5 Å². The molecule has 4 heterocycles. The van der Waals surface area contributed by atoms with Gasteiger partial charge in [-0.05, 0) is 42.9 Å². The second kappa shape index (κ2) is 15.6. The van der Waals surface area contributed by atoms with E-state index in [9.17, 15) is 19.2 Å². The fraction of sp³-hybridized carbons (Fsp3) is 0.257. The van der Waals surface area contributed by atoms with E-state index in [1.165, 1.54) is 11.9 Å². The van der Waals surface area contributed by atoms with Gasteiger partial charge in [-0.2, -0.15) is 5.10 Å². The molecule has 2 aliphatic rings. The highest BCUT2D eigenvalue weighted by Crippen LogP contribution is 2.48. The fourth-order valence-corrected chi connectivity index (χ4v) is 7.30. The summed E-state index contributed by atoms with van der Waals surface area (Å²) in [6.45, 7) is 0.545.